The van der Waals surface area contributed by atoms with Gasteiger partial charge in [0, 0.05) is 0 Å². The number of nitrogens with one attached hydrogen (secondary N) is 1. The third-order valence-electron chi connectivity index (χ3n) is 5.00. The van der Waals surface area contributed by atoms with Gasteiger partial charge in [0.25, 0.3) is 0 Å². The summed E-state index contributed by atoms with van der Waals surface area (Å²) in [6, 6.07) is 0. The molecule has 2 aliphatic rings. The van der Waals surface area contributed by atoms with Crippen molar-refractivity contribution in [1.82, 2.24) is 10.2 Å². The lowest BCUT2D eigenvalue weighted by molar-refractivity contribution is 0.257. The van der Waals surface area contributed by atoms with Gasteiger partial charge in [-0.25, -0.2) is 0 Å². The highest BCUT2D eigenvalue weighted by atomic mass is 15.1. The summed E-state index contributed by atoms with van der Waals surface area (Å²) in [6.45, 7) is 8.96. The van der Waals surface area contributed by atoms with Crippen LogP contribution in [0.4, 0.5) is 0 Å². The van der Waals surface area contributed by atoms with Crippen molar-refractivity contribution >= 4 is 0 Å². The fourth-order valence-electron chi connectivity index (χ4n) is 3.63. The van der Waals surface area contributed by atoms with Crippen molar-refractivity contribution in [3.05, 3.63) is 0 Å². The van der Waals surface area contributed by atoms with Crippen molar-refractivity contribution in [3.8, 4) is 0 Å². The van der Waals surface area contributed by atoms with E-state index in [1.54, 1.807) is 0 Å². The molecular weight excluding hydrogens is 220 g/mol. The van der Waals surface area contributed by atoms with Gasteiger partial charge in [-0.3, -0.25) is 0 Å². The van der Waals surface area contributed by atoms with Crippen LogP contribution in [0.3, 0.4) is 0 Å². The lowest BCUT2D eigenvalue weighted by atomic mass is 9.94. The molecule has 2 fully saturated rings. The summed E-state index contributed by atoms with van der Waals surface area (Å²) in [5.41, 5.74) is 0. The molecule has 2 saturated heterocycles. The number of hydrogen-bond acceptors (Lipinski definition) is 2. The summed E-state index contributed by atoms with van der Waals surface area (Å²) >= 11 is 0. The van der Waals surface area contributed by atoms with Gasteiger partial charge in [-0.2, -0.15) is 0 Å². The van der Waals surface area contributed by atoms with E-state index < -0.39 is 0 Å². The minimum absolute atomic E-state index is 0.967. The molecule has 2 rings (SSSR count). The van der Waals surface area contributed by atoms with Crippen LogP contribution in [0.5, 0.6) is 0 Å². The molecule has 2 unspecified atom stereocenters. The zero-order valence-corrected chi connectivity index (χ0v) is 12.3. The number of likely N-dealkylation sites (tertiary alicyclic amines) is 1. The number of rotatable bonds is 5. The van der Waals surface area contributed by atoms with E-state index in [-0.39, 0.29) is 0 Å². The molecule has 2 heterocycles. The van der Waals surface area contributed by atoms with Crippen molar-refractivity contribution in [2.75, 3.05) is 32.7 Å². The first-order valence-corrected chi connectivity index (χ1v) is 8.31. The Balaban J connectivity index is 1.58. The molecule has 0 spiro atoms. The summed E-state index contributed by atoms with van der Waals surface area (Å²) in [5, 5.41) is 3.53. The van der Waals surface area contributed by atoms with Crippen LogP contribution in [0, 0.1) is 11.8 Å². The number of piperidine rings is 1. The van der Waals surface area contributed by atoms with Crippen LogP contribution in [-0.4, -0.2) is 37.6 Å². The smallest absolute Gasteiger partial charge is 0.00161 e. The third kappa shape index (κ3) is 4.89. The van der Waals surface area contributed by atoms with Crippen LogP contribution in [-0.2, 0) is 0 Å². The average Bonchev–Trinajstić information content (AvgIpc) is 2.65. The molecule has 0 aliphatic carbocycles. The molecule has 1 N–H and O–H groups in total. The van der Waals surface area contributed by atoms with Gasteiger partial charge >= 0.3 is 0 Å². The zero-order chi connectivity index (χ0) is 12.6. The predicted molar refractivity (Wildman–Crippen MR) is 78.9 cm³/mol. The second-order valence-corrected chi connectivity index (χ2v) is 6.40. The fraction of sp³-hybridized carbons (Fsp3) is 1.00. The SMILES string of the molecule is CCC1CCCN(CCCC2CCCNC2)CC1. The Morgan fingerprint density at radius 3 is 2.72 bits per heavy atom. The molecule has 0 aromatic heterocycles. The Labute approximate surface area is 114 Å². The van der Waals surface area contributed by atoms with Gasteiger partial charge < -0.3 is 10.2 Å². The van der Waals surface area contributed by atoms with E-state index in [1.165, 1.54) is 84.1 Å². The summed E-state index contributed by atoms with van der Waals surface area (Å²) in [7, 11) is 0. The zero-order valence-electron chi connectivity index (χ0n) is 12.3. The first-order chi connectivity index (χ1) is 8.88. The maximum absolute atomic E-state index is 3.53. The maximum atomic E-state index is 3.53. The van der Waals surface area contributed by atoms with Crippen LogP contribution in [0.15, 0.2) is 0 Å². The maximum Gasteiger partial charge on any atom is -0.00161 e. The van der Waals surface area contributed by atoms with Gasteiger partial charge in [0.1, 0.15) is 0 Å². The van der Waals surface area contributed by atoms with Crippen molar-refractivity contribution in [1.29, 1.82) is 0 Å². The molecular formula is C16H32N2. The molecule has 0 saturated carbocycles. The van der Waals surface area contributed by atoms with Crippen LogP contribution in [0.1, 0.15) is 58.3 Å². The molecule has 18 heavy (non-hydrogen) atoms. The van der Waals surface area contributed by atoms with E-state index in [0.717, 1.165) is 11.8 Å². The first-order valence-electron chi connectivity index (χ1n) is 8.31. The molecule has 2 nitrogen and oxygen atoms in total. The van der Waals surface area contributed by atoms with Gasteiger partial charge in [0.15, 0.2) is 0 Å². The van der Waals surface area contributed by atoms with E-state index in [9.17, 15) is 0 Å². The predicted octanol–water partition coefficient (Wildman–Crippen LogP) is 3.28. The molecule has 106 valence electrons. The van der Waals surface area contributed by atoms with E-state index in [0.29, 0.717) is 0 Å². The topological polar surface area (TPSA) is 15.3 Å². The summed E-state index contributed by atoms with van der Waals surface area (Å²) in [6.07, 6.45) is 11.5. The van der Waals surface area contributed by atoms with Crippen molar-refractivity contribution in [2.45, 2.75) is 58.3 Å². The molecule has 2 heteroatoms. The highest BCUT2D eigenvalue weighted by molar-refractivity contribution is 4.72. The summed E-state index contributed by atoms with van der Waals surface area (Å²) < 4.78 is 0. The largest absolute Gasteiger partial charge is 0.316 e. The van der Waals surface area contributed by atoms with E-state index >= 15 is 0 Å². The van der Waals surface area contributed by atoms with Gasteiger partial charge in [-0.15, -0.1) is 0 Å². The molecule has 0 radical (unpaired) electrons. The highest BCUT2D eigenvalue weighted by Gasteiger charge is 2.16. The highest BCUT2D eigenvalue weighted by Crippen LogP contribution is 2.21. The Bertz CT molecular complexity index is 211. The van der Waals surface area contributed by atoms with Gasteiger partial charge in [-0.1, -0.05) is 13.3 Å². The van der Waals surface area contributed by atoms with Crippen molar-refractivity contribution in [3.63, 3.8) is 0 Å². The first kappa shape index (κ1) is 14.3. The second-order valence-electron chi connectivity index (χ2n) is 6.40. The summed E-state index contributed by atoms with van der Waals surface area (Å²) in [4.78, 5) is 2.73. The normalized spacial score (nSPS) is 31.2. The van der Waals surface area contributed by atoms with Crippen LogP contribution >= 0.6 is 0 Å². The monoisotopic (exact) mass is 252 g/mol. The van der Waals surface area contributed by atoms with Gasteiger partial charge in [-0.05, 0) is 89.5 Å². The van der Waals surface area contributed by atoms with E-state index in [4.69, 9.17) is 0 Å². The molecule has 2 atom stereocenters. The third-order valence-corrected chi connectivity index (χ3v) is 5.00. The Morgan fingerprint density at radius 2 is 1.94 bits per heavy atom. The van der Waals surface area contributed by atoms with Crippen molar-refractivity contribution < 1.29 is 0 Å². The van der Waals surface area contributed by atoms with Crippen LogP contribution in [0.2, 0.25) is 0 Å². The van der Waals surface area contributed by atoms with Crippen LogP contribution in [0.25, 0.3) is 0 Å². The molecule has 0 bridgehead atoms. The van der Waals surface area contributed by atoms with E-state index in [1.807, 2.05) is 0 Å². The number of nitrogens with zero attached hydrogens (tertiary/aromatic N) is 1. The fourth-order valence-corrected chi connectivity index (χ4v) is 3.63. The summed E-state index contributed by atoms with van der Waals surface area (Å²) in [5.74, 6) is 1.98. The minimum atomic E-state index is 0.967. The minimum Gasteiger partial charge on any atom is -0.316 e. The Morgan fingerprint density at radius 1 is 1.06 bits per heavy atom. The van der Waals surface area contributed by atoms with Crippen molar-refractivity contribution in [2.24, 2.45) is 11.8 Å². The Kier molecular flexibility index (Phi) is 6.50. The molecule has 0 aromatic carbocycles. The van der Waals surface area contributed by atoms with Crippen LogP contribution < -0.4 is 5.32 Å². The van der Waals surface area contributed by atoms with Gasteiger partial charge in [0.2, 0.25) is 0 Å². The molecule has 0 aromatic rings. The lowest BCUT2D eigenvalue weighted by Gasteiger charge is -2.25. The standard InChI is InChI=1S/C16H32N2/c1-2-15-7-4-11-18(13-9-15)12-5-8-16-6-3-10-17-14-16/h15-17H,2-14H2,1H3. The average molecular weight is 252 g/mol. The number of hydrogen-bond donors (Lipinski definition) is 1. The van der Waals surface area contributed by atoms with E-state index in [2.05, 4.69) is 17.1 Å². The van der Waals surface area contributed by atoms with Gasteiger partial charge in [0.05, 0.1) is 0 Å². The Hall–Kier alpha value is -0.0800. The molecule has 0 amide bonds. The lowest BCUT2D eigenvalue weighted by Crippen LogP contribution is -2.31. The quantitative estimate of drug-likeness (QED) is 0.808. The second kappa shape index (κ2) is 8.16. The molecule has 2 aliphatic heterocycles.